The van der Waals surface area contributed by atoms with Gasteiger partial charge in [0, 0.05) is 0 Å². The summed E-state index contributed by atoms with van der Waals surface area (Å²) < 4.78 is 71.1. The summed E-state index contributed by atoms with van der Waals surface area (Å²) in [4.78, 5) is 15.3. The van der Waals surface area contributed by atoms with Crippen LogP contribution in [0.4, 0.5) is 0 Å². The molecule has 10 fully saturated rings. The van der Waals surface area contributed by atoms with Crippen LogP contribution in [0.1, 0.15) is 127 Å². The van der Waals surface area contributed by atoms with E-state index in [1.807, 2.05) is 0 Å². The summed E-state index contributed by atoms with van der Waals surface area (Å²) in [5.41, 5.74) is -1.56. The molecular weight excluding hydrogens is 1290 g/mol. The largest absolute Gasteiger partial charge is 0.432 e. The normalized spacial score (nSPS) is 54.5. The summed E-state index contributed by atoms with van der Waals surface area (Å²) in [5, 5.41) is 196. The van der Waals surface area contributed by atoms with Crippen molar-refractivity contribution in [1.82, 2.24) is 0 Å². The molecule has 0 aromatic rings. The zero-order valence-electron chi connectivity index (χ0n) is 56.5. The maximum atomic E-state index is 15.3. The Morgan fingerprint density at radius 3 is 1.57 bits per heavy atom. The third-order valence-electron chi connectivity index (χ3n) is 25.6. The Hall–Kier alpha value is -1.95. The number of aliphatic hydroxyl groups excluding tert-OH is 18. The van der Waals surface area contributed by atoms with Crippen LogP contribution in [0.2, 0.25) is 0 Å². The molecule has 6 aliphatic heterocycles. The van der Waals surface area contributed by atoms with E-state index in [0.717, 1.165) is 12.8 Å². The lowest BCUT2D eigenvalue weighted by molar-refractivity contribution is -0.375. The molecule has 6 saturated heterocycles. The van der Waals surface area contributed by atoms with Crippen LogP contribution in [0.15, 0.2) is 11.6 Å². The van der Waals surface area contributed by atoms with Gasteiger partial charge in [0.1, 0.15) is 134 Å². The Bertz CT molecular complexity index is 2730. The lowest BCUT2D eigenvalue weighted by atomic mass is 9.33. The van der Waals surface area contributed by atoms with Crippen LogP contribution in [-0.2, 0) is 61.6 Å². The SMILES string of the molecule is C[C@H]1O[C@H](O[C@@H]2[C@@H](O)[C@@H](OC[C@H]3O[C@@H](O[C@H]4[C@H](O)[C@@H](O)[C@H](O[C@H]5CC[C@@]6(C)C(CC[C@]7(C)C6CC=C6C8CC(C)(C)CC[C@]8(C(=O)O[C@@H]8O[C@H](CO)[C@@H](O)[C@H](O[C@@H]9O[C@H](CO)[C@@H](O)[C@H](O)[C@H]9O)[C@H]8O)CC[C@]67C)C5(C)C)O[C@@H]4CO)[C@H](O)[C@@H](O)[C@H]3O)O[C@H](C)[C@H]2O)[C@H](O)[C@@H](O)[C@@H]1O. The van der Waals surface area contributed by atoms with Gasteiger partial charge in [-0.05, 0) is 123 Å². The molecule has 0 amide bonds. The number of ether oxygens (including phenoxy) is 12. The van der Waals surface area contributed by atoms with Crippen molar-refractivity contribution in [3.8, 4) is 0 Å². The predicted octanol–water partition coefficient (Wildman–Crippen LogP) is -4.33. The number of allylic oxidation sites excluding steroid dienone is 2. The quantitative estimate of drug-likeness (QED) is 0.0395. The number of hydrogen-bond donors (Lipinski definition) is 18. The molecule has 4 saturated carbocycles. The van der Waals surface area contributed by atoms with Gasteiger partial charge in [-0.15, -0.1) is 0 Å². The summed E-state index contributed by atoms with van der Waals surface area (Å²) in [6, 6.07) is 0. The molecule has 11 aliphatic rings. The van der Waals surface area contributed by atoms with E-state index in [-0.39, 0.29) is 34.0 Å². The minimum absolute atomic E-state index is 0.0648. The zero-order chi connectivity index (χ0) is 70.9. The van der Waals surface area contributed by atoms with Crippen LogP contribution in [0.5, 0.6) is 0 Å². The average Bonchev–Trinajstić information content (AvgIpc) is 0.676. The Kier molecular flexibility index (Phi) is 22.4. The second-order valence-corrected chi connectivity index (χ2v) is 31.9. The summed E-state index contributed by atoms with van der Waals surface area (Å²) in [5.74, 6) is -0.682. The third-order valence-corrected chi connectivity index (χ3v) is 25.6. The molecule has 0 radical (unpaired) electrons. The van der Waals surface area contributed by atoms with Gasteiger partial charge in [0.15, 0.2) is 31.5 Å². The van der Waals surface area contributed by atoms with Gasteiger partial charge >= 0.3 is 5.97 Å². The molecule has 11 rings (SSSR count). The van der Waals surface area contributed by atoms with Gasteiger partial charge in [-0.25, -0.2) is 0 Å². The fourth-order valence-electron chi connectivity index (χ4n) is 19.3. The second-order valence-electron chi connectivity index (χ2n) is 31.9. The van der Waals surface area contributed by atoms with E-state index in [0.29, 0.717) is 51.4 Å². The molecule has 0 aromatic heterocycles. The van der Waals surface area contributed by atoms with Crippen LogP contribution in [0.3, 0.4) is 0 Å². The maximum absolute atomic E-state index is 15.3. The molecular formula is C66H108O31. The van der Waals surface area contributed by atoms with Crippen LogP contribution in [-0.4, -0.2) is 315 Å². The van der Waals surface area contributed by atoms with Crippen molar-refractivity contribution in [2.45, 2.75) is 317 Å². The van der Waals surface area contributed by atoms with Crippen LogP contribution in [0.25, 0.3) is 0 Å². The zero-order valence-corrected chi connectivity index (χ0v) is 56.5. The molecule has 38 atom stereocenters. The number of carbonyl (C=O) groups is 1. The maximum Gasteiger partial charge on any atom is 0.315 e. The minimum atomic E-state index is -1.97. The molecule has 558 valence electrons. The van der Waals surface area contributed by atoms with Gasteiger partial charge < -0.3 is 149 Å². The summed E-state index contributed by atoms with van der Waals surface area (Å²) in [6.45, 7) is 15.6. The molecule has 18 N–H and O–H groups in total. The fraction of sp³-hybridized carbons (Fsp3) is 0.955. The van der Waals surface area contributed by atoms with Crippen molar-refractivity contribution in [2.75, 3.05) is 26.4 Å². The van der Waals surface area contributed by atoms with Crippen molar-refractivity contribution in [3.05, 3.63) is 11.6 Å². The number of rotatable bonds is 16. The first kappa shape index (κ1) is 76.2. The molecule has 3 unspecified atom stereocenters. The highest BCUT2D eigenvalue weighted by atomic mass is 16.8. The summed E-state index contributed by atoms with van der Waals surface area (Å²) in [7, 11) is 0. The van der Waals surface area contributed by atoms with Crippen LogP contribution < -0.4 is 0 Å². The number of aliphatic hydroxyl groups is 18. The number of esters is 1. The Balaban J connectivity index is 0.741. The lowest BCUT2D eigenvalue weighted by Crippen LogP contribution is -2.67. The molecule has 0 aromatic carbocycles. The monoisotopic (exact) mass is 1400 g/mol. The Morgan fingerprint density at radius 1 is 0.454 bits per heavy atom. The second kappa shape index (κ2) is 28.5. The van der Waals surface area contributed by atoms with Crippen molar-refractivity contribution in [1.29, 1.82) is 0 Å². The molecule has 5 aliphatic carbocycles. The highest BCUT2D eigenvalue weighted by molar-refractivity contribution is 5.79. The number of hydrogen-bond acceptors (Lipinski definition) is 31. The van der Waals surface area contributed by atoms with Crippen molar-refractivity contribution >= 4 is 5.97 Å². The van der Waals surface area contributed by atoms with Gasteiger partial charge in [0.25, 0.3) is 0 Å². The van der Waals surface area contributed by atoms with Crippen molar-refractivity contribution < 1.29 is 154 Å². The minimum Gasteiger partial charge on any atom is -0.432 e. The molecule has 0 spiro atoms. The third kappa shape index (κ3) is 13.2. The lowest BCUT2D eigenvalue weighted by Gasteiger charge is -2.71. The smallest absolute Gasteiger partial charge is 0.315 e. The fourth-order valence-corrected chi connectivity index (χ4v) is 19.3. The van der Waals surface area contributed by atoms with E-state index in [1.165, 1.54) is 19.4 Å². The van der Waals surface area contributed by atoms with Gasteiger partial charge in [-0.3, -0.25) is 4.79 Å². The van der Waals surface area contributed by atoms with E-state index in [1.54, 1.807) is 0 Å². The van der Waals surface area contributed by atoms with E-state index in [2.05, 4.69) is 54.5 Å². The first-order valence-corrected chi connectivity index (χ1v) is 34.6. The number of carbonyl (C=O) groups excluding carboxylic acids is 1. The van der Waals surface area contributed by atoms with E-state index in [9.17, 15) is 91.9 Å². The van der Waals surface area contributed by atoms with E-state index < -0.39 is 239 Å². The topological polar surface area (TPSA) is 492 Å². The Morgan fingerprint density at radius 2 is 0.938 bits per heavy atom. The first-order chi connectivity index (χ1) is 45.4. The van der Waals surface area contributed by atoms with Gasteiger partial charge in [-0.1, -0.05) is 60.1 Å². The van der Waals surface area contributed by atoms with Crippen molar-refractivity contribution in [3.63, 3.8) is 0 Å². The van der Waals surface area contributed by atoms with Gasteiger partial charge in [0.05, 0.1) is 50.2 Å². The van der Waals surface area contributed by atoms with Gasteiger partial charge in [-0.2, -0.15) is 0 Å². The standard InChI is InChI=1S/C66H108O31/c1-25-36(70)41(75)45(79)55(88-25)95-52-37(71)26(2)87-54(49(52)83)86-24-32-39(73)43(77)47(81)58(92-32)94-51-31(23-69)91-56(48(82)44(51)78)93-35-13-14-63(7)33(62(35,5)6)12-15-65(9)34(63)11-10-27-28-20-61(3,4)16-18-66(28,19-17-64(27,65)8)60(85)97-59-50(84)53(40(74)30(22-68)90-59)96-57-46(80)42(76)38(72)29(21-67)89-57/h10,25-26,28-59,67-84H,11-24H2,1-9H3/t25-,26-,28?,29-,30-,31-,32-,33?,34?,35+,36-,37-,38-,39+,40-,41+,42+,43+,44-,45-,46-,47-,48-,49-,50-,51-,52+,53+,54+,55-,56+,57+,58+,59+,63+,64-,65-,66+/m1/s1. The Labute approximate surface area is 563 Å². The molecule has 31 heteroatoms. The van der Waals surface area contributed by atoms with E-state index >= 15 is 4.79 Å². The molecule has 6 heterocycles. The number of fused-ring (bicyclic) bond motifs is 7. The first-order valence-electron chi connectivity index (χ1n) is 34.6. The summed E-state index contributed by atoms with van der Waals surface area (Å²) >= 11 is 0. The highest BCUT2D eigenvalue weighted by Crippen LogP contribution is 2.76. The molecule has 97 heavy (non-hydrogen) atoms. The van der Waals surface area contributed by atoms with Crippen molar-refractivity contribution in [2.24, 2.45) is 50.2 Å². The predicted molar refractivity (Wildman–Crippen MR) is 325 cm³/mol. The highest BCUT2D eigenvalue weighted by Gasteiger charge is 2.71. The average molecular weight is 1400 g/mol. The van der Waals surface area contributed by atoms with E-state index in [4.69, 9.17) is 56.8 Å². The summed E-state index contributed by atoms with van der Waals surface area (Å²) in [6.07, 6.45) is -41.4. The van der Waals surface area contributed by atoms with Gasteiger partial charge in [0.2, 0.25) is 6.29 Å². The van der Waals surface area contributed by atoms with Crippen LogP contribution >= 0.6 is 0 Å². The molecule has 31 nitrogen and oxygen atoms in total. The molecule has 0 bridgehead atoms. The van der Waals surface area contributed by atoms with Crippen LogP contribution in [0, 0.1) is 50.2 Å².